The lowest BCUT2D eigenvalue weighted by Gasteiger charge is -2.03. The lowest BCUT2D eigenvalue weighted by molar-refractivity contribution is 0.0678. The first-order valence-corrected chi connectivity index (χ1v) is 5.78. The molecule has 0 aliphatic carbocycles. The maximum atomic E-state index is 12.7. The largest absolute Gasteiger partial charge is 0.487 e. The van der Waals surface area contributed by atoms with E-state index in [-0.39, 0.29) is 18.2 Å². The second kappa shape index (κ2) is 5.51. The van der Waals surface area contributed by atoms with E-state index in [0.29, 0.717) is 18.0 Å². The first-order chi connectivity index (χ1) is 9.10. The lowest BCUT2D eigenvalue weighted by Crippen LogP contribution is -2.07. The minimum atomic E-state index is -1.07. The van der Waals surface area contributed by atoms with E-state index < -0.39 is 5.97 Å². The van der Waals surface area contributed by atoms with Crippen molar-refractivity contribution in [3.05, 3.63) is 47.8 Å². The molecule has 2 aromatic rings. The number of benzene rings is 1. The van der Waals surface area contributed by atoms with Gasteiger partial charge in [-0.15, -0.1) is 0 Å². The highest BCUT2D eigenvalue weighted by Crippen LogP contribution is 2.13. The number of nitrogens with zero attached hydrogens (tertiary/aromatic N) is 2. The minimum absolute atomic E-state index is 0.0137. The maximum absolute atomic E-state index is 12.7. The Kier molecular flexibility index (Phi) is 3.79. The number of hydrogen-bond acceptors (Lipinski definition) is 3. The van der Waals surface area contributed by atoms with Gasteiger partial charge in [0.1, 0.15) is 18.2 Å². The number of carbonyl (C=O) groups is 1. The fourth-order valence-electron chi connectivity index (χ4n) is 1.64. The van der Waals surface area contributed by atoms with E-state index in [1.54, 1.807) is 6.20 Å². The number of aryl methyl sites for hydroxylation is 1. The second-order valence-electron chi connectivity index (χ2n) is 3.89. The van der Waals surface area contributed by atoms with Crippen LogP contribution in [0.3, 0.4) is 0 Å². The van der Waals surface area contributed by atoms with Gasteiger partial charge in [0.15, 0.2) is 0 Å². The van der Waals surface area contributed by atoms with Crippen molar-refractivity contribution < 1.29 is 19.0 Å². The summed E-state index contributed by atoms with van der Waals surface area (Å²) in [5.41, 5.74) is 0.517. The van der Waals surface area contributed by atoms with Gasteiger partial charge in [-0.25, -0.2) is 14.2 Å². The van der Waals surface area contributed by atoms with E-state index >= 15 is 0 Å². The number of imidazole rings is 1. The molecule has 0 atom stereocenters. The molecule has 19 heavy (non-hydrogen) atoms. The van der Waals surface area contributed by atoms with Gasteiger partial charge in [0.2, 0.25) is 5.82 Å². The first kappa shape index (κ1) is 13.1. The number of aromatic nitrogens is 2. The van der Waals surface area contributed by atoms with Crippen molar-refractivity contribution in [3.8, 4) is 5.75 Å². The molecule has 0 radical (unpaired) electrons. The molecule has 1 heterocycles. The number of carboxylic acids is 1. The summed E-state index contributed by atoms with van der Waals surface area (Å²) in [6.45, 7) is 2.49. The molecule has 0 aliphatic rings. The van der Waals surface area contributed by atoms with Crippen molar-refractivity contribution >= 4 is 5.97 Å². The summed E-state index contributed by atoms with van der Waals surface area (Å²) in [5, 5.41) is 8.96. The van der Waals surface area contributed by atoms with Crippen molar-refractivity contribution in [2.24, 2.45) is 0 Å². The van der Waals surface area contributed by atoms with E-state index in [0.717, 1.165) is 0 Å². The molecule has 1 aromatic heterocycles. The van der Waals surface area contributed by atoms with Crippen LogP contribution in [0.25, 0.3) is 0 Å². The Morgan fingerprint density at radius 3 is 2.63 bits per heavy atom. The molecule has 0 unspecified atom stereocenters. The van der Waals surface area contributed by atoms with Crippen LogP contribution in [0, 0.1) is 5.82 Å². The number of ether oxygens (including phenoxy) is 1. The van der Waals surface area contributed by atoms with Crippen LogP contribution >= 0.6 is 0 Å². The molecule has 0 saturated heterocycles. The Labute approximate surface area is 109 Å². The average Bonchev–Trinajstić information content (AvgIpc) is 2.81. The van der Waals surface area contributed by atoms with Gasteiger partial charge in [0, 0.05) is 12.7 Å². The van der Waals surface area contributed by atoms with Crippen molar-refractivity contribution in [3.63, 3.8) is 0 Å². The van der Waals surface area contributed by atoms with E-state index in [2.05, 4.69) is 4.98 Å². The zero-order valence-corrected chi connectivity index (χ0v) is 10.3. The van der Waals surface area contributed by atoms with E-state index in [9.17, 15) is 9.18 Å². The standard InChI is InChI=1S/C13H13FN2O3/c1-2-16-7-10(15-12(16)13(17)18)8-19-11-5-3-9(14)4-6-11/h3-7H,2,8H2,1H3,(H,17,18). The summed E-state index contributed by atoms with van der Waals surface area (Å²) in [6, 6.07) is 5.60. The van der Waals surface area contributed by atoms with Crippen molar-refractivity contribution in [1.29, 1.82) is 0 Å². The molecule has 6 heteroatoms. The Bertz CT molecular complexity index is 578. The van der Waals surface area contributed by atoms with Gasteiger partial charge in [-0.3, -0.25) is 0 Å². The third kappa shape index (κ3) is 3.09. The summed E-state index contributed by atoms with van der Waals surface area (Å²) in [5.74, 6) is -0.921. The highest BCUT2D eigenvalue weighted by atomic mass is 19.1. The molecule has 1 aromatic carbocycles. The zero-order valence-electron chi connectivity index (χ0n) is 10.3. The topological polar surface area (TPSA) is 64.4 Å². The number of aromatic carboxylic acids is 1. The molecule has 0 bridgehead atoms. The molecular weight excluding hydrogens is 251 g/mol. The minimum Gasteiger partial charge on any atom is -0.487 e. The van der Waals surface area contributed by atoms with Gasteiger partial charge < -0.3 is 14.4 Å². The molecule has 100 valence electrons. The zero-order chi connectivity index (χ0) is 13.8. The van der Waals surface area contributed by atoms with Crippen LogP contribution in [-0.2, 0) is 13.2 Å². The number of rotatable bonds is 5. The molecule has 5 nitrogen and oxygen atoms in total. The van der Waals surface area contributed by atoms with Gasteiger partial charge in [0.05, 0.1) is 5.69 Å². The van der Waals surface area contributed by atoms with E-state index in [1.165, 1.54) is 28.8 Å². The van der Waals surface area contributed by atoms with Crippen LogP contribution in [0.2, 0.25) is 0 Å². The number of hydrogen-bond donors (Lipinski definition) is 1. The van der Waals surface area contributed by atoms with Gasteiger partial charge in [-0.1, -0.05) is 0 Å². The third-order valence-electron chi connectivity index (χ3n) is 2.56. The maximum Gasteiger partial charge on any atom is 0.372 e. The summed E-state index contributed by atoms with van der Waals surface area (Å²) in [4.78, 5) is 14.9. The van der Waals surface area contributed by atoms with Crippen LogP contribution in [-0.4, -0.2) is 20.6 Å². The monoisotopic (exact) mass is 264 g/mol. The Balaban J connectivity index is 2.07. The highest BCUT2D eigenvalue weighted by Gasteiger charge is 2.13. The highest BCUT2D eigenvalue weighted by molar-refractivity contribution is 5.83. The first-order valence-electron chi connectivity index (χ1n) is 5.78. The molecular formula is C13H13FN2O3. The van der Waals surface area contributed by atoms with Crippen molar-refractivity contribution in [1.82, 2.24) is 9.55 Å². The SMILES string of the molecule is CCn1cc(COc2ccc(F)cc2)nc1C(=O)O. The van der Waals surface area contributed by atoms with E-state index in [1.807, 2.05) is 6.92 Å². The second-order valence-corrected chi connectivity index (χ2v) is 3.89. The van der Waals surface area contributed by atoms with Crippen LogP contribution in [0.4, 0.5) is 4.39 Å². The van der Waals surface area contributed by atoms with Crippen molar-refractivity contribution in [2.75, 3.05) is 0 Å². The summed E-state index contributed by atoms with van der Waals surface area (Å²) in [7, 11) is 0. The number of carboxylic acid groups (broad SMARTS) is 1. The summed E-state index contributed by atoms with van der Waals surface area (Å²) < 4.78 is 19.6. The molecule has 0 aliphatic heterocycles. The van der Waals surface area contributed by atoms with Crippen LogP contribution in [0.1, 0.15) is 23.2 Å². The summed E-state index contributed by atoms with van der Waals surface area (Å²) >= 11 is 0. The molecule has 2 rings (SSSR count). The Morgan fingerprint density at radius 1 is 1.42 bits per heavy atom. The molecule has 0 spiro atoms. The molecule has 1 N–H and O–H groups in total. The molecule has 0 fully saturated rings. The van der Waals surface area contributed by atoms with Gasteiger partial charge >= 0.3 is 5.97 Å². The Hall–Kier alpha value is -2.37. The average molecular weight is 264 g/mol. The quantitative estimate of drug-likeness (QED) is 0.900. The van der Waals surface area contributed by atoms with Gasteiger partial charge in [-0.05, 0) is 31.2 Å². The predicted molar refractivity (Wildman–Crippen MR) is 65.6 cm³/mol. The summed E-state index contributed by atoms with van der Waals surface area (Å²) in [6.07, 6.45) is 1.63. The normalized spacial score (nSPS) is 10.4. The Morgan fingerprint density at radius 2 is 2.11 bits per heavy atom. The van der Waals surface area contributed by atoms with Gasteiger partial charge in [-0.2, -0.15) is 0 Å². The van der Waals surface area contributed by atoms with Gasteiger partial charge in [0.25, 0.3) is 0 Å². The third-order valence-corrected chi connectivity index (χ3v) is 2.56. The van der Waals surface area contributed by atoms with Crippen LogP contribution < -0.4 is 4.74 Å². The smallest absolute Gasteiger partial charge is 0.372 e. The van der Waals surface area contributed by atoms with Crippen molar-refractivity contribution in [2.45, 2.75) is 20.1 Å². The predicted octanol–water partition coefficient (Wildman–Crippen LogP) is 2.32. The fourth-order valence-corrected chi connectivity index (χ4v) is 1.64. The lowest BCUT2D eigenvalue weighted by atomic mass is 10.3. The number of halogens is 1. The molecule has 0 saturated carbocycles. The van der Waals surface area contributed by atoms with E-state index in [4.69, 9.17) is 9.84 Å². The molecule has 0 amide bonds. The van der Waals surface area contributed by atoms with Crippen LogP contribution in [0.5, 0.6) is 5.75 Å². The van der Waals surface area contributed by atoms with Crippen LogP contribution in [0.15, 0.2) is 30.5 Å². The fraction of sp³-hybridized carbons (Fsp3) is 0.231.